The zero-order chi connectivity index (χ0) is 24.8. The van der Waals surface area contributed by atoms with Crippen LogP contribution in [-0.2, 0) is 29.2 Å². The molecular formula is C26H33N5O3Si. The summed E-state index contributed by atoms with van der Waals surface area (Å²) in [5, 5.41) is 5.36. The molecule has 0 atom stereocenters. The minimum atomic E-state index is -1.12. The first-order valence-corrected chi connectivity index (χ1v) is 15.7. The Kier molecular flexibility index (Phi) is 7.77. The van der Waals surface area contributed by atoms with Crippen LogP contribution in [0.3, 0.4) is 0 Å². The summed E-state index contributed by atoms with van der Waals surface area (Å²) in [6.45, 7) is 10.7. The van der Waals surface area contributed by atoms with Gasteiger partial charge in [-0.15, -0.1) is 0 Å². The molecule has 0 aliphatic rings. The molecule has 0 saturated heterocycles. The molecule has 4 aromatic rings. The van der Waals surface area contributed by atoms with Crippen LogP contribution in [0, 0.1) is 0 Å². The molecule has 9 heteroatoms. The van der Waals surface area contributed by atoms with Gasteiger partial charge in [0.1, 0.15) is 24.5 Å². The molecule has 4 rings (SSSR count). The number of fused-ring (bicyclic) bond motifs is 1. The number of carbonyl (C=O) groups is 1. The van der Waals surface area contributed by atoms with E-state index in [1.54, 1.807) is 17.2 Å². The second-order valence-corrected chi connectivity index (χ2v) is 15.4. The predicted octanol–water partition coefficient (Wildman–Crippen LogP) is 5.17. The van der Waals surface area contributed by atoms with Gasteiger partial charge in [0.2, 0.25) is 0 Å². The smallest absolute Gasteiger partial charge is 0.313 e. The van der Waals surface area contributed by atoms with Crippen LogP contribution in [0.25, 0.3) is 22.3 Å². The molecule has 3 aromatic heterocycles. The van der Waals surface area contributed by atoms with Crippen molar-refractivity contribution >= 4 is 25.1 Å². The Morgan fingerprint density at radius 3 is 2.74 bits per heavy atom. The third-order valence-corrected chi connectivity index (χ3v) is 7.52. The van der Waals surface area contributed by atoms with Gasteiger partial charge in [0.25, 0.3) is 0 Å². The lowest BCUT2D eigenvalue weighted by molar-refractivity contribution is -0.134. The normalized spacial score (nSPS) is 11.8. The molecule has 0 bridgehead atoms. The summed E-state index contributed by atoms with van der Waals surface area (Å²) >= 11 is 0. The van der Waals surface area contributed by atoms with Crippen LogP contribution < -0.4 is 4.74 Å². The zero-order valence-corrected chi connectivity index (χ0v) is 21.9. The molecule has 0 amide bonds. The van der Waals surface area contributed by atoms with E-state index in [2.05, 4.69) is 34.7 Å². The largest absolute Gasteiger partial charge is 0.426 e. The van der Waals surface area contributed by atoms with Crippen molar-refractivity contribution in [2.24, 2.45) is 0 Å². The molecular weight excluding hydrogens is 458 g/mol. The maximum atomic E-state index is 12.4. The van der Waals surface area contributed by atoms with Crippen LogP contribution in [0.4, 0.5) is 0 Å². The molecule has 3 heterocycles. The molecule has 0 spiro atoms. The highest BCUT2D eigenvalue weighted by molar-refractivity contribution is 6.76. The number of hydrogen-bond acceptors (Lipinski definition) is 6. The van der Waals surface area contributed by atoms with Crippen molar-refractivity contribution in [1.82, 2.24) is 24.3 Å². The van der Waals surface area contributed by atoms with Gasteiger partial charge >= 0.3 is 5.97 Å². The number of hydrogen-bond donors (Lipinski definition) is 0. The highest BCUT2D eigenvalue weighted by Gasteiger charge is 2.15. The fourth-order valence-electron chi connectivity index (χ4n) is 3.76. The van der Waals surface area contributed by atoms with Crippen LogP contribution in [0.2, 0.25) is 25.7 Å². The van der Waals surface area contributed by atoms with Crippen LogP contribution in [-0.4, -0.2) is 45.0 Å². The van der Waals surface area contributed by atoms with Gasteiger partial charge in [-0.3, -0.25) is 9.48 Å². The molecule has 35 heavy (non-hydrogen) atoms. The highest BCUT2D eigenvalue weighted by atomic mass is 28.3. The summed E-state index contributed by atoms with van der Waals surface area (Å²) < 4.78 is 15.2. The first-order chi connectivity index (χ1) is 16.8. The van der Waals surface area contributed by atoms with Crippen LogP contribution in [0.1, 0.15) is 18.9 Å². The Morgan fingerprint density at radius 2 is 1.94 bits per heavy atom. The number of para-hydroxylation sites is 1. The fraction of sp³-hybridized carbons (Fsp3) is 0.385. The van der Waals surface area contributed by atoms with E-state index < -0.39 is 8.07 Å². The minimum absolute atomic E-state index is 0.226. The Labute approximate surface area is 206 Å². The quantitative estimate of drug-likeness (QED) is 0.125. The van der Waals surface area contributed by atoms with Gasteiger partial charge in [0.15, 0.2) is 0 Å². The Morgan fingerprint density at radius 1 is 1.11 bits per heavy atom. The molecule has 0 unspecified atom stereocenters. The van der Waals surface area contributed by atoms with Crippen molar-refractivity contribution in [1.29, 1.82) is 0 Å². The van der Waals surface area contributed by atoms with E-state index in [4.69, 9.17) is 9.47 Å². The van der Waals surface area contributed by atoms with Gasteiger partial charge in [0, 0.05) is 38.0 Å². The van der Waals surface area contributed by atoms with E-state index in [9.17, 15) is 4.79 Å². The number of ether oxygens (including phenoxy) is 2. The van der Waals surface area contributed by atoms with Gasteiger partial charge in [-0.2, -0.15) is 5.10 Å². The fourth-order valence-corrected chi connectivity index (χ4v) is 4.52. The van der Waals surface area contributed by atoms with E-state index >= 15 is 0 Å². The van der Waals surface area contributed by atoms with E-state index in [0.29, 0.717) is 19.0 Å². The summed E-state index contributed by atoms with van der Waals surface area (Å²) in [7, 11) is -1.12. The predicted molar refractivity (Wildman–Crippen MR) is 139 cm³/mol. The van der Waals surface area contributed by atoms with E-state index in [0.717, 1.165) is 46.9 Å². The lowest BCUT2D eigenvalue weighted by Crippen LogP contribution is -2.22. The number of esters is 1. The van der Waals surface area contributed by atoms with Gasteiger partial charge in [-0.05, 0) is 30.2 Å². The number of carbonyl (C=O) groups excluding carboxylic acids is 1. The molecule has 0 aliphatic carbocycles. The van der Waals surface area contributed by atoms with E-state index in [1.165, 1.54) is 0 Å². The van der Waals surface area contributed by atoms with Crippen LogP contribution in [0.15, 0.2) is 55.2 Å². The second-order valence-electron chi connectivity index (χ2n) is 9.77. The van der Waals surface area contributed by atoms with Crippen LogP contribution >= 0.6 is 0 Å². The maximum absolute atomic E-state index is 12.4. The Hall–Kier alpha value is -3.30. The van der Waals surface area contributed by atoms with E-state index in [-0.39, 0.29) is 12.4 Å². The van der Waals surface area contributed by atoms with Gasteiger partial charge < -0.3 is 14.0 Å². The van der Waals surface area contributed by atoms with Crippen molar-refractivity contribution < 1.29 is 14.3 Å². The minimum Gasteiger partial charge on any atom is -0.426 e. The average Bonchev–Trinajstić information content (AvgIpc) is 3.47. The number of nitrogens with zero attached hydrogens (tertiary/aromatic N) is 5. The Bertz CT molecular complexity index is 1290. The summed E-state index contributed by atoms with van der Waals surface area (Å²) in [4.78, 5) is 21.3. The monoisotopic (exact) mass is 491 g/mol. The first kappa shape index (κ1) is 24.8. The Balaban J connectivity index is 1.39. The van der Waals surface area contributed by atoms with E-state index in [1.807, 2.05) is 54.2 Å². The average molecular weight is 492 g/mol. The van der Waals surface area contributed by atoms with Gasteiger partial charge in [-0.25, -0.2) is 9.97 Å². The molecule has 8 nitrogen and oxygen atoms in total. The molecule has 0 aliphatic heterocycles. The zero-order valence-electron chi connectivity index (χ0n) is 20.9. The third kappa shape index (κ3) is 6.43. The molecule has 184 valence electrons. The van der Waals surface area contributed by atoms with Crippen molar-refractivity contribution in [2.75, 3.05) is 6.61 Å². The number of aryl methyl sites for hydroxylation is 2. The van der Waals surface area contributed by atoms with Gasteiger partial charge in [0.05, 0.1) is 24.9 Å². The lowest BCUT2D eigenvalue weighted by Gasteiger charge is -2.15. The molecule has 0 fully saturated rings. The van der Waals surface area contributed by atoms with Crippen molar-refractivity contribution in [3.05, 3.63) is 60.8 Å². The summed E-state index contributed by atoms with van der Waals surface area (Å²) in [6.07, 6.45) is 8.25. The standard InChI is InChI=1S/C26H33N5O3Si/c1-5-20-8-6-7-9-23(20)34-24(32)11-13-31-17-21(16-29-31)25-22-10-12-30(26(22)28-18-27-25)19-33-14-15-35(2,3)4/h6-10,12,16-18H,5,11,13-15,19H2,1-4H3. The summed E-state index contributed by atoms with van der Waals surface area (Å²) in [5.74, 6) is 0.345. The maximum Gasteiger partial charge on any atom is 0.313 e. The van der Waals surface area contributed by atoms with Crippen molar-refractivity contribution in [3.63, 3.8) is 0 Å². The van der Waals surface area contributed by atoms with Gasteiger partial charge in [-0.1, -0.05) is 44.8 Å². The third-order valence-electron chi connectivity index (χ3n) is 5.81. The number of benzene rings is 1. The van der Waals surface area contributed by atoms with Crippen LogP contribution in [0.5, 0.6) is 5.75 Å². The highest BCUT2D eigenvalue weighted by Crippen LogP contribution is 2.26. The van der Waals surface area contributed by atoms with Crippen molar-refractivity contribution in [2.45, 2.75) is 58.7 Å². The number of rotatable bonds is 11. The molecule has 0 saturated carbocycles. The lowest BCUT2D eigenvalue weighted by atomic mass is 10.1. The number of aromatic nitrogens is 5. The molecule has 0 N–H and O–H groups in total. The SMILES string of the molecule is CCc1ccccc1OC(=O)CCn1cc(-c2ncnc3c2ccn3COCC[Si](C)(C)C)cn1. The molecule has 1 aromatic carbocycles. The second kappa shape index (κ2) is 11.0. The first-order valence-electron chi connectivity index (χ1n) is 12.0. The topological polar surface area (TPSA) is 84.1 Å². The summed E-state index contributed by atoms with van der Waals surface area (Å²) in [6, 6.07) is 10.7. The van der Waals surface area contributed by atoms with Crippen molar-refractivity contribution in [3.8, 4) is 17.0 Å². The summed E-state index contributed by atoms with van der Waals surface area (Å²) in [5.41, 5.74) is 3.53. The molecule has 0 radical (unpaired) electrons.